The Morgan fingerprint density at radius 2 is 1.62 bits per heavy atom. The molecule has 0 saturated heterocycles. The summed E-state index contributed by atoms with van der Waals surface area (Å²) in [6.07, 6.45) is -0.740. The zero-order valence-corrected chi connectivity index (χ0v) is 11.2. The molecule has 2 aromatic rings. The monoisotopic (exact) mass is 289 g/mol. The van der Waals surface area contributed by atoms with Gasteiger partial charge in [-0.05, 0) is 25.0 Å². The highest BCUT2D eigenvalue weighted by Gasteiger charge is 2.49. The van der Waals surface area contributed by atoms with Crippen LogP contribution < -0.4 is 11.4 Å². The van der Waals surface area contributed by atoms with Gasteiger partial charge in [0.2, 0.25) is 0 Å². The Balaban J connectivity index is 2.00. The summed E-state index contributed by atoms with van der Waals surface area (Å²) in [4.78, 5) is 25.2. The van der Waals surface area contributed by atoms with Gasteiger partial charge in [-0.3, -0.25) is 0 Å². The van der Waals surface area contributed by atoms with Gasteiger partial charge in [0.1, 0.15) is 12.1 Å². The van der Waals surface area contributed by atoms with Gasteiger partial charge in [0, 0.05) is 0 Å². The van der Waals surface area contributed by atoms with E-state index in [-0.39, 0.29) is 0 Å². The second-order valence-corrected chi connectivity index (χ2v) is 5.62. The highest BCUT2D eigenvalue weighted by atomic mass is 16.3. The van der Waals surface area contributed by atoms with E-state index in [2.05, 4.69) is 0 Å². The number of aromatic nitrogens is 3. The van der Waals surface area contributed by atoms with Crippen LogP contribution in [-0.2, 0) is 0 Å². The molecule has 7 nitrogen and oxygen atoms in total. The van der Waals surface area contributed by atoms with E-state index in [1.54, 1.807) is 30.3 Å². The Labute approximate surface area is 119 Å². The molecule has 2 N–H and O–H groups in total. The smallest absolute Gasteiger partial charge is 0.352 e. The maximum atomic E-state index is 12.6. The van der Waals surface area contributed by atoms with E-state index < -0.39 is 35.7 Å². The minimum atomic E-state index is -0.889. The van der Waals surface area contributed by atoms with Crippen LogP contribution in [0.2, 0.25) is 0 Å². The van der Waals surface area contributed by atoms with E-state index >= 15 is 0 Å². The molecule has 21 heavy (non-hydrogen) atoms. The van der Waals surface area contributed by atoms with Crippen molar-refractivity contribution in [3.8, 4) is 5.69 Å². The van der Waals surface area contributed by atoms with Crippen molar-refractivity contribution in [1.82, 2.24) is 13.9 Å². The van der Waals surface area contributed by atoms with Crippen LogP contribution in [-0.4, -0.2) is 36.4 Å². The molecule has 2 heterocycles. The molecule has 4 atom stereocenters. The molecule has 4 rings (SSSR count). The Morgan fingerprint density at radius 3 is 2.33 bits per heavy atom. The Hall–Kier alpha value is -2.12. The molecule has 0 amide bonds. The molecule has 1 aromatic carbocycles. The number of para-hydroxylation sites is 1. The van der Waals surface area contributed by atoms with Gasteiger partial charge in [0.05, 0.1) is 17.8 Å². The molecule has 2 aliphatic rings. The highest BCUT2D eigenvalue weighted by molar-refractivity contribution is 5.30. The average Bonchev–Trinajstić information content (AvgIpc) is 2.83. The first-order valence-corrected chi connectivity index (χ1v) is 6.99. The van der Waals surface area contributed by atoms with Crippen LogP contribution in [0.5, 0.6) is 0 Å². The van der Waals surface area contributed by atoms with Crippen molar-refractivity contribution in [2.75, 3.05) is 0 Å². The molecular weight excluding hydrogens is 274 g/mol. The number of aliphatic hydroxyl groups is 2. The third kappa shape index (κ3) is 1.50. The Kier molecular flexibility index (Phi) is 2.51. The SMILES string of the molecule is O=c1n(-c2ccccc2)c(=O)n2n1[C@@H]1[C@@H](O)[C@H]2CC[C@@H]1O. The van der Waals surface area contributed by atoms with Gasteiger partial charge >= 0.3 is 11.4 Å². The summed E-state index contributed by atoms with van der Waals surface area (Å²) < 4.78 is 3.62. The lowest BCUT2D eigenvalue weighted by molar-refractivity contribution is -0.00981. The van der Waals surface area contributed by atoms with Crippen LogP contribution in [0.15, 0.2) is 39.9 Å². The van der Waals surface area contributed by atoms with Crippen LogP contribution in [0.3, 0.4) is 0 Å². The van der Waals surface area contributed by atoms with Crippen molar-refractivity contribution in [1.29, 1.82) is 0 Å². The van der Waals surface area contributed by atoms with Gasteiger partial charge in [-0.2, -0.15) is 0 Å². The molecule has 1 aliphatic heterocycles. The minimum Gasteiger partial charge on any atom is -0.391 e. The summed E-state index contributed by atoms with van der Waals surface area (Å²) >= 11 is 0. The first kappa shape index (κ1) is 12.6. The van der Waals surface area contributed by atoms with Crippen molar-refractivity contribution in [2.24, 2.45) is 0 Å². The summed E-state index contributed by atoms with van der Waals surface area (Å²) in [6.45, 7) is 0. The van der Waals surface area contributed by atoms with E-state index in [0.717, 1.165) is 4.57 Å². The van der Waals surface area contributed by atoms with E-state index in [0.29, 0.717) is 18.5 Å². The normalized spacial score (nSPS) is 30.4. The number of rotatable bonds is 1. The fraction of sp³-hybridized carbons (Fsp3) is 0.429. The molecular formula is C14H15N3O4. The van der Waals surface area contributed by atoms with Crippen molar-refractivity contribution in [3.05, 3.63) is 51.3 Å². The van der Waals surface area contributed by atoms with Gasteiger partial charge in [-0.1, -0.05) is 18.2 Å². The second kappa shape index (κ2) is 4.19. The molecule has 1 fully saturated rings. The molecule has 110 valence electrons. The van der Waals surface area contributed by atoms with Crippen molar-refractivity contribution >= 4 is 0 Å². The van der Waals surface area contributed by atoms with Crippen LogP contribution >= 0.6 is 0 Å². The minimum absolute atomic E-state index is 0.441. The van der Waals surface area contributed by atoms with E-state index in [1.165, 1.54) is 9.36 Å². The zero-order chi connectivity index (χ0) is 14.7. The van der Waals surface area contributed by atoms with E-state index in [1.807, 2.05) is 0 Å². The zero-order valence-electron chi connectivity index (χ0n) is 11.2. The van der Waals surface area contributed by atoms with Crippen molar-refractivity contribution in [3.63, 3.8) is 0 Å². The summed E-state index contributed by atoms with van der Waals surface area (Å²) in [5.74, 6) is 0. The van der Waals surface area contributed by atoms with Gasteiger partial charge in [-0.15, -0.1) is 0 Å². The first-order valence-electron chi connectivity index (χ1n) is 6.99. The molecule has 0 unspecified atom stereocenters. The third-order valence-corrected chi connectivity index (χ3v) is 4.51. The lowest BCUT2D eigenvalue weighted by Gasteiger charge is -2.28. The third-order valence-electron chi connectivity index (χ3n) is 4.51. The molecule has 2 bridgehead atoms. The molecule has 0 radical (unpaired) electrons. The van der Waals surface area contributed by atoms with Gasteiger partial charge in [-0.25, -0.2) is 23.5 Å². The summed E-state index contributed by atoms with van der Waals surface area (Å²) in [5, 5.41) is 20.3. The summed E-state index contributed by atoms with van der Waals surface area (Å²) in [6, 6.07) is 7.48. The predicted octanol–water partition coefficient (Wildman–Crippen LogP) is -0.588. The van der Waals surface area contributed by atoms with Crippen LogP contribution in [0.1, 0.15) is 24.9 Å². The fourth-order valence-electron chi connectivity index (χ4n) is 3.55. The topological polar surface area (TPSA) is 89.4 Å². The Bertz CT molecular complexity index is 804. The molecule has 1 saturated carbocycles. The van der Waals surface area contributed by atoms with Crippen molar-refractivity contribution in [2.45, 2.75) is 37.1 Å². The maximum Gasteiger partial charge on any atom is 0.352 e. The lowest BCUT2D eigenvalue weighted by atomic mass is 9.88. The fourth-order valence-corrected chi connectivity index (χ4v) is 3.55. The van der Waals surface area contributed by atoms with Gasteiger partial charge in [0.15, 0.2) is 0 Å². The standard InChI is InChI=1S/C14H15N3O4/c18-10-7-6-9-12(19)11(10)17-14(21)15(13(20)16(9)17)8-4-2-1-3-5-8/h1-5,9-12,18-19H,6-7H2/t9-,10+,11+,12+/m1/s1. The average molecular weight is 289 g/mol. The summed E-state index contributed by atoms with van der Waals surface area (Å²) in [7, 11) is 0. The first-order chi connectivity index (χ1) is 10.1. The predicted molar refractivity (Wildman–Crippen MR) is 73.6 cm³/mol. The van der Waals surface area contributed by atoms with Crippen LogP contribution in [0.4, 0.5) is 0 Å². The number of benzene rings is 1. The van der Waals surface area contributed by atoms with E-state index in [9.17, 15) is 19.8 Å². The Morgan fingerprint density at radius 1 is 0.952 bits per heavy atom. The lowest BCUT2D eigenvalue weighted by Crippen LogP contribution is -2.41. The van der Waals surface area contributed by atoms with Gasteiger partial charge in [0.25, 0.3) is 0 Å². The number of hydrogen-bond donors (Lipinski definition) is 2. The summed E-state index contributed by atoms with van der Waals surface area (Å²) in [5.41, 5.74) is -0.491. The molecule has 1 aliphatic carbocycles. The molecule has 0 spiro atoms. The molecule has 1 aromatic heterocycles. The second-order valence-electron chi connectivity index (χ2n) is 5.62. The van der Waals surface area contributed by atoms with Crippen LogP contribution in [0.25, 0.3) is 5.69 Å². The van der Waals surface area contributed by atoms with E-state index in [4.69, 9.17) is 0 Å². The highest BCUT2D eigenvalue weighted by Crippen LogP contribution is 2.40. The largest absolute Gasteiger partial charge is 0.391 e. The maximum absolute atomic E-state index is 12.6. The number of hydrogen-bond acceptors (Lipinski definition) is 4. The number of aliphatic hydroxyl groups excluding tert-OH is 2. The quantitative estimate of drug-likeness (QED) is 0.734. The molecule has 7 heteroatoms. The van der Waals surface area contributed by atoms with Crippen molar-refractivity contribution < 1.29 is 10.2 Å². The van der Waals surface area contributed by atoms with Crippen LogP contribution in [0, 0.1) is 0 Å². The number of fused-ring (bicyclic) bond motifs is 5. The van der Waals surface area contributed by atoms with Gasteiger partial charge < -0.3 is 10.2 Å². The number of nitrogens with zero attached hydrogens (tertiary/aromatic N) is 3.